The van der Waals surface area contributed by atoms with Gasteiger partial charge in [0.15, 0.2) is 5.16 Å². The summed E-state index contributed by atoms with van der Waals surface area (Å²) in [4.78, 5) is 15.5. The minimum Gasteiger partial charge on any atom is -0.369 e. The van der Waals surface area contributed by atoms with E-state index in [0.717, 1.165) is 22.1 Å². The predicted octanol–water partition coefficient (Wildman–Crippen LogP) is 3.12. The average molecular weight is 309 g/mol. The van der Waals surface area contributed by atoms with Crippen molar-refractivity contribution in [2.24, 2.45) is 5.73 Å². The van der Waals surface area contributed by atoms with Crippen molar-refractivity contribution < 1.29 is 4.79 Å². The maximum absolute atomic E-state index is 11.1. The van der Waals surface area contributed by atoms with E-state index in [9.17, 15) is 4.79 Å². The van der Waals surface area contributed by atoms with Crippen molar-refractivity contribution >= 4 is 17.7 Å². The number of nitrogens with two attached hydrogens (primary N) is 1. The van der Waals surface area contributed by atoms with Gasteiger partial charge in [0.05, 0.1) is 17.6 Å². The topological polar surface area (TPSA) is 60.9 Å². The Bertz CT molecular complexity index is 769. The number of hydrogen-bond donors (Lipinski definition) is 1. The largest absolute Gasteiger partial charge is 0.369 e. The molecule has 0 radical (unpaired) electrons. The Hall–Kier alpha value is -2.53. The number of hydrogen-bond acceptors (Lipinski definition) is 3. The van der Waals surface area contributed by atoms with E-state index in [0.29, 0.717) is 0 Å². The normalized spacial score (nSPS) is 10.5. The van der Waals surface area contributed by atoms with Gasteiger partial charge in [-0.3, -0.25) is 9.36 Å². The molecule has 0 saturated carbocycles. The summed E-state index contributed by atoms with van der Waals surface area (Å²) in [6.45, 7) is 0. The van der Waals surface area contributed by atoms with Crippen LogP contribution in [0.5, 0.6) is 0 Å². The molecule has 22 heavy (non-hydrogen) atoms. The molecule has 0 aliphatic carbocycles. The van der Waals surface area contributed by atoms with Crippen LogP contribution in [-0.4, -0.2) is 21.2 Å². The smallest absolute Gasteiger partial charge is 0.227 e. The maximum Gasteiger partial charge on any atom is 0.227 e. The van der Waals surface area contributed by atoms with E-state index in [-0.39, 0.29) is 11.7 Å². The van der Waals surface area contributed by atoms with Crippen LogP contribution in [0.15, 0.2) is 72.0 Å². The molecule has 2 N–H and O–H groups in total. The average Bonchev–Trinajstić information content (AvgIpc) is 2.98. The summed E-state index contributed by atoms with van der Waals surface area (Å²) in [6.07, 6.45) is 1.83. The number of carbonyl (C=O) groups is 1. The van der Waals surface area contributed by atoms with Crippen LogP contribution in [0.3, 0.4) is 0 Å². The van der Waals surface area contributed by atoms with Crippen molar-refractivity contribution in [2.45, 2.75) is 5.16 Å². The number of aromatic nitrogens is 2. The van der Waals surface area contributed by atoms with Crippen LogP contribution >= 0.6 is 11.8 Å². The molecule has 0 unspecified atom stereocenters. The Balaban J connectivity index is 2.09. The Labute approximate surface area is 133 Å². The number of rotatable bonds is 5. The number of carbonyl (C=O) groups excluding carboxylic acids is 1. The number of benzene rings is 2. The van der Waals surface area contributed by atoms with Gasteiger partial charge in [-0.25, -0.2) is 4.98 Å². The molecule has 0 saturated heterocycles. The molecule has 0 fully saturated rings. The summed E-state index contributed by atoms with van der Waals surface area (Å²) in [5, 5.41) is 0.754. The van der Waals surface area contributed by atoms with Gasteiger partial charge in [0.1, 0.15) is 0 Å². The second kappa shape index (κ2) is 6.49. The van der Waals surface area contributed by atoms with Crippen molar-refractivity contribution in [2.75, 3.05) is 5.75 Å². The number of para-hydroxylation sites is 1. The first-order chi connectivity index (χ1) is 10.8. The van der Waals surface area contributed by atoms with E-state index in [4.69, 9.17) is 5.73 Å². The van der Waals surface area contributed by atoms with E-state index in [2.05, 4.69) is 4.98 Å². The van der Waals surface area contributed by atoms with E-state index in [1.54, 1.807) is 0 Å². The summed E-state index contributed by atoms with van der Waals surface area (Å²) >= 11 is 1.34. The van der Waals surface area contributed by atoms with E-state index >= 15 is 0 Å². The number of thioether (sulfide) groups is 1. The lowest BCUT2D eigenvalue weighted by Gasteiger charge is -2.11. The lowest BCUT2D eigenvalue weighted by molar-refractivity contribution is -0.115. The Kier molecular flexibility index (Phi) is 4.25. The summed E-state index contributed by atoms with van der Waals surface area (Å²) in [5.74, 6) is -0.146. The summed E-state index contributed by atoms with van der Waals surface area (Å²) in [5.41, 5.74) is 8.31. The van der Waals surface area contributed by atoms with Crippen molar-refractivity contribution in [1.29, 1.82) is 0 Å². The van der Waals surface area contributed by atoms with Crippen LogP contribution in [0.2, 0.25) is 0 Å². The highest BCUT2D eigenvalue weighted by molar-refractivity contribution is 7.99. The minimum atomic E-state index is -0.353. The summed E-state index contributed by atoms with van der Waals surface area (Å²) < 4.78 is 2.04. The Morgan fingerprint density at radius 3 is 2.32 bits per heavy atom. The van der Waals surface area contributed by atoms with Gasteiger partial charge in [0.2, 0.25) is 5.91 Å². The van der Waals surface area contributed by atoms with Gasteiger partial charge in [-0.05, 0) is 12.1 Å². The fourth-order valence-corrected chi connectivity index (χ4v) is 2.94. The molecule has 0 spiro atoms. The highest BCUT2D eigenvalue weighted by Crippen LogP contribution is 2.29. The van der Waals surface area contributed by atoms with E-state index < -0.39 is 0 Å². The summed E-state index contributed by atoms with van der Waals surface area (Å²) in [6, 6.07) is 20.0. The Morgan fingerprint density at radius 2 is 1.68 bits per heavy atom. The molecule has 0 aliphatic rings. The minimum absolute atomic E-state index is 0.206. The third-order valence-electron chi connectivity index (χ3n) is 3.16. The van der Waals surface area contributed by atoms with Crippen LogP contribution in [0, 0.1) is 0 Å². The fourth-order valence-electron chi connectivity index (χ4n) is 2.21. The molecule has 3 rings (SSSR count). The molecule has 110 valence electrons. The molecule has 4 nitrogen and oxygen atoms in total. The monoisotopic (exact) mass is 309 g/mol. The first kappa shape index (κ1) is 14.4. The second-order valence-electron chi connectivity index (χ2n) is 4.72. The molecule has 0 aliphatic heterocycles. The van der Waals surface area contributed by atoms with Crippen molar-refractivity contribution in [3.63, 3.8) is 0 Å². The number of primary amides is 1. The molecule has 0 bridgehead atoms. The van der Waals surface area contributed by atoms with Gasteiger partial charge < -0.3 is 5.73 Å². The molecular formula is C17H15N3OS. The van der Waals surface area contributed by atoms with Crippen LogP contribution < -0.4 is 5.73 Å². The van der Waals surface area contributed by atoms with Crippen LogP contribution in [0.4, 0.5) is 0 Å². The molecule has 1 aromatic heterocycles. The number of nitrogens with zero attached hydrogens (tertiary/aromatic N) is 2. The van der Waals surface area contributed by atoms with Gasteiger partial charge >= 0.3 is 0 Å². The van der Waals surface area contributed by atoms with Crippen molar-refractivity contribution in [3.8, 4) is 16.9 Å². The van der Waals surface area contributed by atoms with E-state index in [1.165, 1.54) is 11.8 Å². The quantitative estimate of drug-likeness (QED) is 0.737. The number of amides is 1. The zero-order valence-electron chi connectivity index (χ0n) is 11.8. The van der Waals surface area contributed by atoms with Crippen molar-refractivity contribution in [3.05, 3.63) is 66.9 Å². The standard InChI is InChI=1S/C17H15N3OS/c18-16(21)12-22-17-19-11-15(13-7-3-1-4-8-13)20(17)14-9-5-2-6-10-14/h1-11H,12H2,(H2,18,21). The Morgan fingerprint density at radius 1 is 1.05 bits per heavy atom. The maximum atomic E-state index is 11.1. The van der Waals surface area contributed by atoms with Gasteiger partial charge in [-0.1, -0.05) is 60.3 Å². The van der Waals surface area contributed by atoms with Gasteiger partial charge in [-0.2, -0.15) is 0 Å². The molecular weight excluding hydrogens is 294 g/mol. The van der Waals surface area contributed by atoms with Crippen LogP contribution in [0.1, 0.15) is 0 Å². The molecule has 5 heteroatoms. The molecule has 1 heterocycles. The van der Waals surface area contributed by atoms with Gasteiger partial charge in [-0.15, -0.1) is 0 Å². The molecule has 2 aromatic carbocycles. The SMILES string of the molecule is NC(=O)CSc1ncc(-c2ccccc2)n1-c1ccccc1. The van der Waals surface area contributed by atoms with Crippen LogP contribution in [-0.2, 0) is 4.79 Å². The fraction of sp³-hybridized carbons (Fsp3) is 0.0588. The third kappa shape index (κ3) is 3.04. The molecule has 1 amide bonds. The summed E-state index contributed by atoms with van der Waals surface area (Å²) in [7, 11) is 0. The lowest BCUT2D eigenvalue weighted by Crippen LogP contribution is -2.13. The first-order valence-electron chi connectivity index (χ1n) is 6.85. The highest BCUT2D eigenvalue weighted by atomic mass is 32.2. The molecule has 0 atom stereocenters. The lowest BCUT2D eigenvalue weighted by atomic mass is 10.1. The zero-order chi connectivity index (χ0) is 15.4. The first-order valence-corrected chi connectivity index (χ1v) is 7.84. The van der Waals surface area contributed by atoms with Gasteiger partial charge in [0.25, 0.3) is 0 Å². The highest BCUT2D eigenvalue weighted by Gasteiger charge is 2.14. The number of imidazole rings is 1. The van der Waals surface area contributed by atoms with E-state index in [1.807, 2.05) is 71.4 Å². The van der Waals surface area contributed by atoms with Gasteiger partial charge in [0, 0.05) is 11.3 Å². The zero-order valence-corrected chi connectivity index (χ0v) is 12.7. The second-order valence-corrected chi connectivity index (χ2v) is 5.66. The van der Waals surface area contributed by atoms with Crippen LogP contribution in [0.25, 0.3) is 16.9 Å². The third-order valence-corrected chi connectivity index (χ3v) is 4.13. The predicted molar refractivity (Wildman–Crippen MR) is 88.9 cm³/mol. The van der Waals surface area contributed by atoms with Crippen molar-refractivity contribution in [1.82, 2.24) is 9.55 Å². The molecule has 3 aromatic rings.